The van der Waals surface area contributed by atoms with Gasteiger partial charge in [0.05, 0.1) is 7.11 Å². The molecule has 0 aliphatic heterocycles. The highest BCUT2D eigenvalue weighted by Crippen LogP contribution is 2.27. The zero-order valence-corrected chi connectivity index (χ0v) is 14.4. The van der Waals surface area contributed by atoms with Crippen molar-refractivity contribution < 1.29 is 9.53 Å². The van der Waals surface area contributed by atoms with Crippen molar-refractivity contribution in [3.63, 3.8) is 0 Å². The van der Waals surface area contributed by atoms with E-state index in [2.05, 4.69) is 20.4 Å². The van der Waals surface area contributed by atoms with E-state index in [1.165, 1.54) is 0 Å². The van der Waals surface area contributed by atoms with E-state index in [9.17, 15) is 4.79 Å². The maximum absolute atomic E-state index is 12.4. The molecule has 0 spiro atoms. The van der Waals surface area contributed by atoms with E-state index in [-0.39, 0.29) is 6.03 Å². The summed E-state index contributed by atoms with van der Waals surface area (Å²) in [5, 5.41) is 7.80. The Bertz CT molecular complexity index is 892. The molecule has 25 heavy (non-hydrogen) atoms. The highest BCUT2D eigenvalue weighted by Gasteiger charge is 2.14. The number of carbonyl (C=O) groups excluding carboxylic acids is 1. The molecule has 0 bridgehead atoms. The maximum Gasteiger partial charge on any atom is 0.324 e. The van der Waals surface area contributed by atoms with Gasteiger partial charge in [-0.3, -0.25) is 15.0 Å². The number of aryl methyl sites for hydroxylation is 1. The van der Waals surface area contributed by atoms with Gasteiger partial charge in [-0.25, -0.2) is 9.78 Å². The van der Waals surface area contributed by atoms with Gasteiger partial charge in [0, 0.05) is 31.7 Å². The van der Waals surface area contributed by atoms with Gasteiger partial charge in [-0.15, -0.1) is 5.10 Å². The van der Waals surface area contributed by atoms with Crippen molar-refractivity contribution in [1.29, 1.82) is 0 Å². The van der Waals surface area contributed by atoms with Gasteiger partial charge in [-0.05, 0) is 24.6 Å². The second kappa shape index (κ2) is 7.16. The van der Waals surface area contributed by atoms with Crippen LogP contribution in [0.4, 0.5) is 10.7 Å². The molecule has 2 amide bonds. The molecule has 0 aliphatic rings. The van der Waals surface area contributed by atoms with E-state index in [0.717, 1.165) is 16.5 Å². The summed E-state index contributed by atoms with van der Waals surface area (Å²) < 4.78 is 7.00. The van der Waals surface area contributed by atoms with E-state index in [0.29, 0.717) is 24.8 Å². The van der Waals surface area contributed by atoms with E-state index in [1.54, 1.807) is 36.3 Å². The number of anilines is 1. The smallest absolute Gasteiger partial charge is 0.324 e. The standard InChI is InChI=1S/C17H20N6O2/c1-4-23-11-19-16(21-23)20-17(24)22(2)10-12-7-8-14(25-3)15-13(12)6-5-9-18-15/h5-9,11H,4,10H2,1-3H3,(H,20,21,24). The van der Waals surface area contributed by atoms with Crippen LogP contribution in [-0.2, 0) is 13.1 Å². The zero-order valence-electron chi connectivity index (χ0n) is 14.4. The fourth-order valence-corrected chi connectivity index (χ4v) is 2.53. The first kappa shape index (κ1) is 16.7. The fraction of sp³-hybridized carbons (Fsp3) is 0.294. The lowest BCUT2D eigenvalue weighted by molar-refractivity contribution is 0.220. The van der Waals surface area contributed by atoms with Crippen molar-refractivity contribution in [2.45, 2.75) is 20.0 Å². The van der Waals surface area contributed by atoms with E-state index in [1.807, 2.05) is 31.2 Å². The van der Waals surface area contributed by atoms with Gasteiger partial charge >= 0.3 is 6.03 Å². The summed E-state index contributed by atoms with van der Waals surface area (Å²) in [6.45, 7) is 3.07. The number of rotatable bonds is 5. The normalized spacial score (nSPS) is 10.7. The van der Waals surface area contributed by atoms with Crippen LogP contribution in [0.1, 0.15) is 12.5 Å². The van der Waals surface area contributed by atoms with Gasteiger partial charge < -0.3 is 9.64 Å². The van der Waals surface area contributed by atoms with E-state index < -0.39 is 0 Å². The quantitative estimate of drug-likeness (QED) is 0.771. The molecule has 130 valence electrons. The second-order valence-corrected chi connectivity index (χ2v) is 5.54. The molecule has 3 aromatic rings. The number of nitrogens with zero attached hydrogens (tertiary/aromatic N) is 5. The monoisotopic (exact) mass is 340 g/mol. The molecular weight excluding hydrogens is 320 g/mol. The molecule has 1 aromatic carbocycles. The first-order valence-corrected chi connectivity index (χ1v) is 7.94. The molecule has 0 saturated carbocycles. The highest BCUT2D eigenvalue weighted by molar-refractivity contribution is 5.89. The molecule has 2 heterocycles. The predicted octanol–water partition coefficient (Wildman–Crippen LogP) is 2.52. The van der Waals surface area contributed by atoms with Gasteiger partial charge in [0.1, 0.15) is 17.6 Å². The van der Waals surface area contributed by atoms with Crippen molar-refractivity contribution in [2.24, 2.45) is 0 Å². The summed E-state index contributed by atoms with van der Waals surface area (Å²) in [5.41, 5.74) is 1.76. The number of methoxy groups -OCH3 is 1. The summed E-state index contributed by atoms with van der Waals surface area (Å²) in [4.78, 5) is 22.4. The van der Waals surface area contributed by atoms with Crippen LogP contribution in [-0.4, -0.2) is 44.8 Å². The predicted molar refractivity (Wildman–Crippen MR) is 94.5 cm³/mol. The lowest BCUT2D eigenvalue weighted by Gasteiger charge is -2.18. The number of carbonyl (C=O) groups is 1. The lowest BCUT2D eigenvalue weighted by atomic mass is 10.1. The molecule has 0 atom stereocenters. The largest absolute Gasteiger partial charge is 0.494 e. The molecule has 0 fully saturated rings. The minimum absolute atomic E-state index is 0.276. The number of benzene rings is 1. The van der Waals surface area contributed by atoms with Gasteiger partial charge in [-0.1, -0.05) is 12.1 Å². The average molecular weight is 340 g/mol. The topological polar surface area (TPSA) is 85.2 Å². The number of pyridine rings is 1. The summed E-state index contributed by atoms with van der Waals surface area (Å²) in [6, 6.07) is 7.36. The average Bonchev–Trinajstić information content (AvgIpc) is 3.09. The number of hydrogen-bond acceptors (Lipinski definition) is 5. The molecule has 0 aliphatic carbocycles. The third-order valence-corrected chi connectivity index (χ3v) is 3.88. The number of nitrogens with one attached hydrogen (secondary N) is 1. The number of hydrogen-bond donors (Lipinski definition) is 1. The van der Waals surface area contributed by atoms with Crippen molar-refractivity contribution in [3.8, 4) is 5.75 Å². The molecule has 0 unspecified atom stereocenters. The van der Waals surface area contributed by atoms with Crippen LogP contribution in [0.25, 0.3) is 10.9 Å². The number of fused-ring (bicyclic) bond motifs is 1. The number of urea groups is 1. The van der Waals surface area contributed by atoms with Crippen LogP contribution in [0, 0.1) is 0 Å². The Hall–Kier alpha value is -3.16. The summed E-state index contributed by atoms with van der Waals surface area (Å²) >= 11 is 0. The van der Waals surface area contributed by atoms with Crippen LogP contribution >= 0.6 is 0 Å². The highest BCUT2D eigenvalue weighted by atomic mass is 16.5. The lowest BCUT2D eigenvalue weighted by Crippen LogP contribution is -2.31. The van der Waals surface area contributed by atoms with Crippen LogP contribution < -0.4 is 10.1 Å². The van der Waals surface area contributed by atoms with Gasteiger partial charge in [-0.2, -0.15) is 0 Å². The maximum atomic E-state index is 12.4. The summed E-state index contributed by atoms with van der Waals surface area (Å²) in [5.74, 6) is 1.00. The fourth-order valence-electron chi connectivity index (χ4n) is 2.53. The summed E-state index contributed by atoms with van der Waals surface area (Å²) in [6.07, 6.45) is 3.30. The van der Waals surface area contributed by atoms with E-state index >= 15 is 0 Å². The van der Waals surface area contributed by atoms with Gasteiger partial charge in [0.25, 0.3) is 0 Å². The van der Waals surface area contributed by atoms with Crippen LogP contribution in [0.5, 0.6) is 5.75 Å². The Balaban J connectivity index is 1.77. The number of ether oxygens (including phenoxy) is 1. The minimum Gasteiger partial charge on any atom is -0.494 e. The van der Waals surface area contributed by atoms with Crippen molar-refractivity contribution >= 4 is 22.9 Å². The Morgan fingerprint density at radius 3 is 2.88 bits per heavy atom. The third kappa shape index (κ3) is 3.52. The number of amides is 2. The molecule has 3 rings (SSSR count). The third-order valence-electron chi connectivity index (χ3n) is 3.88. The SMILES string of the molecule is CCn1cnc(NC(=O)N(C)Cc2ccc(OC)c3ncccc23)n1. The van der Waals surface area contributed by atoms with E-state index in [4.69, 9.17) is 4.74 Å². The molecular formula is C17H20N6O2. The Kier molecular flexibility index (Phi) is 4.78. The van der Waals surface area contributed by atoms with Crippen molar-refractivity contribution in [2.75, 3.05) is 19.5 Å². The van der Waals surface area contributed by atoms with Crippen LogP contribution in [0.15, 0.2) is 36.8 Å². The first-order valence-electron chi connectivity index (χ1n) is 7.94. The molecule has 8 heteroatoms. The summed E-state index contributed by atoms with van der Waals surface area (Å²) in [7, 11) is 3.34. The Morgan fingerprint density at radius 1 is 1.32 bits per heavy atom. The molecule has 8 nitrogen and oxygen atoms in total. The van der Waals surface area contributed by atoms with Gasteiger partial charge in [0.2, 0.25) is 5.95 Å². The van der Waals surface area contributed by atoms with Crippen LogP contribution in [0.3, 0.4) is 0 Å². The Morgan fingerprint density at radius 2 is 2.16 bits per heavy atom. The molecule has 1 N–H and O–H groups in total. The van der Waals surface area contributed by atoms with Crippen molar-refractivity contribution in [3.05, 3.63) is 42.4 Å². The Labute approximate surface area is 145 Å². The van der Waals surface area contributed by atoms with Crippen molar-refractivity contribution in [1.82, 2.24) is 24.6 Å². The second-order valence-electron chi connectivity index (χ2n) is 5.54. The first-order chi connectivity index (χ1) is 12.1. The van der Waals surface area contributed by atoms with Crippen LogP contribution in [0.2, 0.25) is 0 Å². The minimum atomic E-state index is -0.276. The van der Waals surface area contributed by atoms with Gasteiger partial charge in [0.15, 0.2) is 0 Å². The molecule has 0 radical (unpaired) electrons. The molecule has 0 saturated heterocycles. The molecule has 2 aromatic heterocycles. The number of aromatic nitrogens is 4. The zero-order chi connectivity index (χ0) is 17.8.